The van der Waals surface area contributed by atoms with Gasteiger partial charge in [-0.15, -0.1) is 0 Å². The molecule has 0 aliphatic carbocycles. The van der Waals surface area contributed by atoms with Gasteiger partial charge in [0.1, 0.15) is 5.82 Å². The first-order valence-electron chi connectivity index (χ1n) is 7.19. The monoisotopic (exact) mass is 305 g/mol. The summed E-state index contributed by atoms with van der Waals surface area (Å²) in [6, 6.07) is 5.06. The van der Waals surface area contributed by atoms with E-state index in [0.29, 0.717) is 23.2 Å². The summed E-state index contributed by atoms with van der Waals surface area (Å²) in [6.45, 7) is 3.63. The highest BCUT2D eigenvalue weighted by Crippen LogP contribution is 2.18. The molecule has 0 spiro atoms. The molecule has 6 heteroatoms. The van der Waals surface area contributed by atoms with E-state index in [4.69, 9.17) is 0 Å². The van der Waals surface area contributed by atoms with Crippen LogP contribution in [0.2, 0.25) is 0 Å². The number of aryl methyl sites for hydroxylation is 2. The minimum Gasteiger partial charge on any atom is -0.386 e. The second-order valence-corrected chi connectivity index (χ2v) is 5.28. The maximum atomic E-state index is 12.9. The number of hydrogen-bond acceptors (Lipinski definition) is 3. The number of amides is 1. The van der Waals surface area contributed by atoms with Crippen LogP contribution in [0.5, 0.6) is 0 Å². The van der Waals surface area contributed by atoms with Gasteiger partial charge in [-0.3, -0.25) is 9.48 Å². The van der Waals surface area contributed by atoms with Gasteiger partial charge < -0.3 is 10.4 Å². The highest BCUT2D eigenvalue weighted by molar-refractivity contribution is 5.95. The summed E-state index contributed by atoms with van der Waals surface area (Å²) < 4.78 is 14.5. The normalized spacial score (nSPS) is 13.7. The fourth-order valence-electron chi connectivity index (χ4n) is 2.30. The molecule has 2 rings (SSSR count). The van der Waals surface area contributed by atoms with Crippen molar-refractivity contribution in [2.24, 2.45) is 7.05 Å². The lowest BCUT2D eigenvalue weighted by Gasteiger charge is -2.20. The summed E-state index contributed by atoms with van der Waals surface area (Å²) in [4.78, 5) is 12.3. The van der Waals surface area contributed by atoms with Crippen LogP contribution in [-0.2, 0) is 13.5 Å². The molecule has 0 fully saturated rings. The molecular weight excluding hydrogens is 285 g/mol. The largest absolute Gasteiger partial charge is 0.386 e. The summed E-state index contributed by atoms with van der Waals surface area (Å²) in [6.07, 6.45) is 1.40. The van der Waals surface area contributed by atoms with Crippen LogP contribution in [0, 0.1) is 5.82 Å². The number of nitrogens with zero attached hydrogens (tertiary/aromatic N) is 2. The highest BCUT2D eigenvalue weighted by atomic mass is 19.1. The number of aliphatic hydroxyl groups is 1. The van der Waals surface area contributed by atoms with Gasteiger partial charge in [0, 0.05) is 13.2 Å². The van der Waals surface area contributed by atoms with Crippen molar-refractivity contribution in [3.8, 4) is 0 Å². The smallest absolute Gasteiger partial charge is 0.255 e. The van der Waals surface area contributed by atoms with Crippen molar-refractivity contribution in [2.75, 3.05) is 0 Å². The second kappa shape index (κ2) is 6.70. The molecule has 5 nitrogen and oxygen atoms in total. The average Bonchev–Trinajstić information content (AvgIpc) is 2.88. The average molecular weight is 305 g/mol. The predicted molar refractivity (Wildman–Crippen MR) is 80.9 cm³/mol. The van der Waals surface area contributed by atoms with Gasteiger partial charge in [-0.25, -0.2) is 4.39 Å². The van der Waals surface area contributed by atoms with E-state index in [1.54, 1.807) is 24.9 Å². The summed E-state index contributed by atoms with van der Waals surface area (Å²) in [5.41, 5.74) is 1.77. The lowest BCUT2D eigenvalue weighted by atomic mass is 10.0. The zero-order valence-corrected chi connectivity index (χ0v) is 12.9. The number of hydrogen-bond donors (Lipinski definition) is 2. The molecule has 0 aliphatic heterocycles. The molecule has 2 unspecified atom stereocenters. The summed E-state index contributed by atoms with van der Waals surface area (Å²) in [5.74, 6) is -0.644. The first-order valence-corrected chi connectivity index (χ1v) is 7.19. The highest BCUT2D eigenvalue weighted by Gasteiger charge is 2.21. The van der Waals surface area contributed by atoms with Crippen LogP contribution < -0.4 is 5.32 Å². The molecule has 0 saturated carbocycles. The Bertz CT molecular complexity index is 652. The number of carbonyl (C=O) groups excluding carboxylic acids is 1. The summed E-state index contributed by atoms with van der Waals surface area (Å²) >= 11 is 0. The maximum Gasteiger partial charge on any atom is 0.255 e. The van der Waals surface area contributed by atoms with Crippen LogP contribution >= 0.6 is 0 Å². The zero-order valence-electron chi connectivity index (χ0n) is 12.9. The SMILES string of the molecule is CCc1nn(C)cc1C(=O)NC(C)C(O)c1ccc(F)cc1. The molecule has 0 saturated heterocycles. The number of nitrogens with one attached hydrogen (secondary N) is 1. The van der Waals surface area contributed by atoms with Crippen LogP contribution in [0.4, 0.5) is 4.39 Å². The third-order valence-corrected chi connectivity index (χ3v) is 3.53. The van der Waals surface area contributed by atoms with E-state index < -0.39 is 12.1 Å². The minimum atomic E-state index is -0.911. The van der Waals surface area contributed by atoms with E-state index in [2.05, 4.69) is 10.4 Å². The van der Waals surface area contributed by atoms with Crippen LogP contribution in [0.25, 0.3) is 0 Å². The van der Waals surface area contributed by atoms with Gasteiger partial charge >= 0.3 is 0 Å². The predicted octanol–water partition coefficient (Wildman–Crippen LogP) is 1.97. The van der Waals surface area contributed by atoms with Crippen LogP contribution in [0.1, 0.15) is 41.6 Å². The Hall–Kier alpha value is -2.21. The third-order valence-electron chi connectivity index (χ3n) is 3.53. The molecule has 2 atom stereocenters. The lowest BCUT2D eigenvalue weighted by Crippen LogP contribution is -2.37. The Kier molecular flexibility index (Phi) is 4.92. The second-order valence-electron chi connectivity index (χ2n) is 5.28. The Morgan fingerprint density at radius 3 is 2.64 bits per heavy atom. The van der Waals surface area contributed by atoms with E-state index in [-0.39, 0.29) is 11.7 Å². The van der Waals surface area contributed by atoms with Gasteiger partial charge in [-0.2, -0.15) is 5.10 Å². The Labute approximate surface area is 128 Å². The molecule has 0 radical (unpaired) electrons. The minimum absolute atomic E-state index is 0.279. The molecule has 118 valence electrons. The van der Waals surface area contributed by atoms with Crippen molar-refractivity contribution >= 4 is 5.91 Å². The van der Waals surface area contributed by atoms with E-state index in [0.717, 1.165) is 0 Å². The fraction of sp³-hybridized carbons (Fsp3) is 0.375. The molecule has 2 N–H and O–H groups in total. The Morgan fingerprint density at radius 2 is 2.05 bits per heavy atom. The van der Waals surface area contributed by atoms with Crippen molar-refractivity contribution in [1.82, 2.24) is 15.1 Å². The van der Waals surface area contributed by atoms with Gasteiger partial charge in [-0.1, -0.05) is 19.1 Å². The van der Waals surface area contributed by atoms with Gasteiger partial charge in [0.2, 0.25) is 0 Å². The molecule has 1 amide bonds. The van der Waals surface area contributed by atoms with E-state index in [1.165, 1.54) is 24.3 Å². The standard InChI is InChI=1S/C16H20FN3O2/c1-4-14-13(9-20(3)19-14)16(22)18-10(2)15(21)11-5-7-12(17)8-6-11/h5-10,15,21H,4H2,1-3H3,(H,18,22). The third kappa shape index (κ3) is 3.51. The fourth-order valence-corrected chi connectivity index (χ4v) is 2.30. The Morgan fingerprint density at radius 1 is 1.41 bits per heavy atom. The van der Waals surface area contributed by atoms with Crippen LogP contribution in [0.3, 0.4) is 0 Å². The molecule has 1 aromatic carbocycles. The van der Waals surface area contributed by atoms with Crippen molar-refractivity contribution in [3.05, 3.63) is 53.1 Å². The van der Waals surface area contributed by atoms with Gasteiger partial charge in [0.25, 0.3) is 5.91 Å². The molecule has 1 aromatic heterocycles. The first-order chi connectivity index (χ1) is 10.4. The Balaban J connectivity index is 2.08. The van der Waals surface area contributed by atoms with Gasteiger partial charge in [0.05, 0.1) is 23.4 Å². The number of halogens is 1. The summed E-state index contributed by atoms with van der Waals surface area (Å²) in [5, 5.41) is 17.2. The molecule has 0 aliphatic rings. The molecule has 1 heterocycles. The van der Waals surface area contributed by atoms with Crippen LogP contribution in [-0.4, -0.2) is 26.8 Å². The zero-order chi connectivity index (χ0) is 16.3. The quantitative estimate of drug-likeness (QED) is 0.887. The number of benzene rings is 1. The van der Waals surface area contributed by atoms with E-state index in [1.807, 2.05) is 6.92 Å². The number of aliphatic hydroxyl groups excluding tert-OH is 1. The molecule has 0 bridgehead atoms. The van der Waals surface area contributed by atoms with Crippen LogP contribution in [0.15, 0.2) is 30.5 Å². The molecule has 22 heavy (non-hydrogen) atoms. The number of rotatable bonds is 5. The van der Waals surface area contributed by atoms with Crippen molar-refractivity contribution < 1.29 is 14.3 Å². The van der Waals surface area contributed by atoms with E-state index >= 15 is 0 Å². The van der Waals surface area contributed by atoms with Crippen molar-refractivity contribution in [2.45, 2.75) is 32.4 Å². The molecular formula is C16H20FN3O2. The van der Waals surface area contributed by atoms with E-state index in [9.17, 15) is 14.3 Å². The van der Waals surface area contributed by atoms with Crippen molar-refractivity contribution in [3.63, 3.8) is 0 Å². The number of carbonyl (C=O) groups is 1. The first kappa shape index (κ1) is 16.2. The lowest BCUT2D eigenvalue weighted by molar-refractivity contribution is 0.0851. The topological polar surface area (TPSA) is 67.2 Å². The molecule has 2 aromatic rings. The maximum absolute atomic E-state index is 12.9. The number of aromatic nitrogens is 2. The summed E-state index contributed by atoms with van der Waals surface area (Å²) in [7, 11) is 1.76. The van der Waals surface area contributed by atoms with Gasteiger partial charge in [-0.05, 0) is 31.0 Å². The van der Waals surface area contributed by atoms with Gasteiger partial charge in [0.15, 0.2) is 0 Å². The van der Waals surface area contributed by atoms with Crippen molar-refractivity contribution in [1.29, 1.82) is 0 Å².